The molecule has 0 heterocycles. The molecule has 0 amide bonds. The smallest absolute Gasteiger partial charge is 0.397 e. The quantitative estimate of drug-likeness (QED) is 0.347. The van der Waals surface area contributed by atoms with Crippen LogP contribution in [0.4, 0.5) is 0 Å². The van der Waals surface area contributed by atoms with Gasteiger partial charge in [0, 0.05) is 0 Å². The Hall–Kier alpha value is -0.260. The second kappa shape index (κ2) is 5.58. The normalized spacial score (nSPS) is 13.0. The summed E-state index contributed by atoms with van der Waals surface area (Å²) in [5, 5.41) is 0. The van der Waals surface area contributed by atoms with Gasteiger partial charge >= 0.3 is 10.4 Å². The van der Waals surface area contributed by atoms with E-state index in [0.29, 0.717) is 0 Å². The number of hydrogen-bond acceptors (Lipinski definition) is 7. The van der Waals surface area contributed by atoms with Crippen molar-refractivity contribution < 1.29 is 34.3 Å². The molecule has 8 nitrogen and oxygen atoms in total. The predicted octanol–water partition coefficient (Wildman–Crippen LogP) is -0.937. The molecular weight excluding hydrogens is 240 g/mol. The Balaban J connectivity index is 3.41. The summed E-state index contributed by atoms with van der Waals surface area (Å²) in [6.07, 6.45) is 0.256. The summed E-state index contributed by atoms with van der Waals surface area (Å²) in [5.41, 5.74) is 0. The molecule has 0 rings (SSSR count). The molecule has 0 bridgehead atoms. The van der Waals surface area contributed by atoms with Crippen LogP contribution in [0.5, 0.6) is 0 Å². The third kappa shape index (κ3) is 11.7. The van der Waals surface area contributed by atoms with Crippen molar-refractivity contribution in [2.24, 2.45) is 0 Å². The van der Waals surface area contributed by atoms with Crippen LogP contribution in [0, 0.1) is 0 Å². The lowest BCUT2D eigenvalue weighted by Gasteiger charge is -2.06. The lowest BCUT2D eigenvalue weighted by atomic mass is 10.3. The van der Waals surface area contributed by atoms with Gasteiger partial charge in [0.25, 0.3) is 0 Å². The zero-order valence-corrected chi connectivity index (χ0v) is 8.58. The Morgan fingerprint density at radius 2 is 1.43 bits per heavy atom. The van der Waals surface area contributed by atoms with Gasteiger partial charge in [-0.25, -0.2) is 12.6 Å². The highest BCUT2D eigenvalue weighted by Crippen LogP contribution is 1.96. The third-order valence-electron chi connectivity index (χ3n) is 0.999. The SMILES string of the molecule is O=S(=O)([O-])OCCCCOS(=O)(=O)O. The third-order valence-corrected chi connectivity index (χ3v) is 1.92. The van der Waals surface area contributed by atoms with Crippen LogP contribution < -0.4 is 0 Å². The zero-order valence-electron chi connectivity index (χ0n) is 6.95. The molecule has 0 fully saturated rings. The highest BCUT2D eigenvalue weighted by Gasteiger charge is 2.03. The Kier molecular flexibility index (Phi) is 5.48. The van der Waals surface area contributed by atoms with Gasteiger partial charge in [-0.3, -0.25) is 8.74 Å². The Morgan fingerprint density at radius 3 is 1.79 bits per heavy atom. The van der Waals surface area contributed by atoms with E-state index in [4.69, 9.17) is 4.55 Å². The summed E-state index contributed by atoms with van der Waals surface area (Å²) in [5.74, 6) is 0. The first-order valence-corrected chi connectivity index (χ1v) is 6.13. The fourth-order valence-electron chi connectivity index (χ4n) is 0.529. The maximum atomic E-state index is 9.98. The summed E-state index contributed by atoms with van der Waals surface area (Å²) in [6.45, 7) is -0.651. The fraction of sp³-hybridized carbons (Fsp3) is 1.00. The summed E-state index contributed by atoms with van der Waals surface area (Å²) < 4.78 is 65.4. The molecule has 0 aliphatic rings. The van der Waals surface area contributed by atoms with Crippen LogP contribution in [0.15, 0.2) is 0 Å². The van der Waals surface area contributed by atoms with Gasteiger partial charge in [-0.05, 0) is 12.8 Å². The van der Waals surface area contributed by atoms with Crippen LogP contribution in [-0.4, -0.2) is 39.2 Å². The van der Waals surface area contributed by atoms with Gasteiger partial charge in [-0.1, -0.05) is 0 Å². The van der Waals surface area contributed by atoms with Gasteiger partial charge in [-0.2, -0.15) is 8.42 Å². The summed E-state index contributed by atoms with van der Waals surface area (Å²) in [7, 11) is -9.16. The molecule has 0 spiro atoms. The van der Waals surface area contributed by atoms with Gasteiger partial charge in [0.15, 0.2) is 0 Å². The van der Waals surface area contributed by atoms with Gasteiger partial charge < -0.3 is 4.55 Å². The minimum Gasteiger partial charge on any atom is -0.726 e. The maximum Gasteiger partial charge on any atom is 0.397 e. The van der Waals surface area contributed by atoms with E-state index in [9.17, 15) is 21.4 Å². The standard InChI is InChI=1S/C4H10O8S2/c5-13(6,7)11-3-1-2-4-12-14(8,9)10/h1-4H2,(H,5,6,7)(H,8,9,10)/p-1. The molecule has 0 unspecified atom stereocenters. The maximum absolute atomic E-state index is 9.98. The lowest BCUT2D eigenvalue weighted by molar-refractivity contribution is 0.229. The topological polar surface area (TPSA) is 130 Å². The van der Waals surface area contributed by atoms with Crippen LogP contribution in [0.3, 0.4) is 0 Å². The second-order valence-electron chi connectivity index (χ2n) is 2.19. The van der Waals surface area contributed by atoms with Crippen LogP contribution in [-0.2, 0) is 29.2 Å². The molecule has 0 atom stereocenters. The molecule has 14 heavy (non-hydrogen) atoms. The predicted molar refractivity (Wildman–Crippen MR) is 42.4 cm³/mol. The Morgan fingerprint density at radius 1 is 1.00 bits per heavy atom. The molecule has 0 saturated carbocycles. The molecule has 0 saturated heterocycles. The molecule has 10 heteroatoms. The van der Waals surface area contributed by atoms with E-state index < -0.39 is 20.8 Å². The van der Waals surface area contributed by atoms with Gasteiger partial charge in [0.05, 0.1) is 13.2 Å². The monoisotopic (exact) mass is 249 g/mol. The van der Waals surface area contributed by atoms with Gasteiger partial charge in [0.2, 0.25) is 10.4 Å². The van der Waals surface area contributed by atoms with E-state index in [0.717, 1.165) is 0 Å². The lowest BCUT2D eigenvalue weighted by Crippen LogP contribution is -2.08. The second-order valence-corrected chi connectivity index (χ2v) is 4.33. The Bertz CT molecular complexity index is 304. The molecule has 0 aromatic heterocycles. The van der Waals surface area contributed by atoms with Crippen LogP contribution in [0.2, 0.25) is 0 Å². The molecule has 0 aliphatic carbocycles. The summed E-state index contributed by atoms with van der Waals surface area (Å²) in [4.78, 5) is 0. The van der Waals surface area contributed by atoms with Crippen molar-refractivity contribution in [3.63, 3.8) is 0 Å². The fourth-order valence-corrected chi connectivity index (χ4v) is 1.18. The van der Waals surface area contributed by atoms with Crippen LogP contribution >= 0.6 is 0 Å². The van der Waals surface area contributed by atoms with Crippen molar-refractivity contribution in [2.45, 2.75) is 12.8 Å². The first kappa shape index (κ1) is 13.7. The van der Waals surface area contributed by atoms with Crippen LogP contribution in [0.25, 0.3) is 0 Å². The molecule has 0 radical (unpaired) electrons. The largest absolute Gasteiger partial charge is 0.726 e. The average Bonchev–Trinajstić information content (AvgIpc) is 1.92. The van der Waals surface area contributed by atoms with E-state index in [1.54, 1.807) is 0 Å². The van der Waals surface area contributed by atoms with Crippen molar-refractivity contribution in [2.75, 3.05) is 13.2 Å². The highest BCUT2D eigenvalue weighted by molar-refractivity contribution is 7.81. The van der Waals surface area contributed by atoms with E-state index in [-0.39, 0.29) is 26.1 Å². The van der Waals surface area contributed by atoms with E-state index >= 15 is 0 Å². The Labute approximate surface area is 81.7 Å². The first-order valence-electron chi connectivity index (χ1n) is 3.43. The molecular formula is C4H9O8S2-. The van der Waals surface area contributed by atoms with E-state index in [1.165, 1.54) is 0 Å². The number of unbranched alkanes of at least 4 members (excludes halogenated alkanes) is 1. The van der Waals surface area contributed by atoms with Gasteiger partial charge in [-0.15, -0.1) is 0 Å². The van der Waals surface area contributed by atoms with Crippen molar-refractivity contribution in [3.05, 3.63) is 0 Å². The summed E-state index contributed by atoms with van der Waals surface area (Å²) >= 11 is 0. The number of rotatable bonds is 7. The zero-order chi connectivity index (χ0) is 11.2. The molecule has 0 aromatic rings. The minimum atomic E-state index is -4.70. The van der Waals surface area contributed by atoms with Gasteiger partial charge in [0.1, 0.15) is 0 Å². The highest BCUT2D eigenvalue weighted by atomic mass is 32.3. The van der Waals surface area contributed by atoms with Crippen molar-refractivity contribution in [1.29, 1.82) is 0 Å². The van der Waals surface area contributed by atoms with Crippen molar-refractivity contribution in [1.82, 2.24) is 0 Å². The van der Waals surface area contributed by atoms with E-state index in [2.05, 4.69) is 8.37 Å². The summed E-state index contributed by atoms with van der Waals surface area (Å²) in [6, 6.07) is 0. The molecule has 86 valence electrons. The van der Waals surface area contributed by atoms with E-state index in [1.807, 2.05) is 0 Å². The molecule has 1 N–H and O–H groups in total. The van der Waals surface area contributed by atoms with Crippen molar-refractivity contribution in [3.8, 4) is 0 Å². The molecule has 0 aromatic carbocycles. The average molecular weight is 249 g/mol. The number of hydrogen-bond donors (Lipinski definition) is 1. The van der Waals surface area contributed by atoms with Crippen molar-refractivity contribution >= 4 is 20.8 Å². The van der Waals surface area contributed by atoms with Crippen LogP contribution in [0.1, 0.15) is 12.8 Å². The molecule has 0 aliphatic heterocycles. The first-order chi connectivity index (χ1) is 6.21. The minimum absolute atomic E-state index is 0.122.